The van der Waals surface area contributed by atoms with Gasteiger partial charge in [0.2, 0.25) is 5.91 Å². The van der Waals surface area contributed by atoms with Gasteiger partial charge in [0.1, 0.15) is 12.4 Å². The van der Waals surface area contributed by atoms with E-state index < -0.39 is 0 Å². The van der Waals surface area contributed by atoms with E-state index in [0.717, 1.165) is 49.3 Å². The molecule has 0 saturated carbocycles. The maximum absolute atomic E-state index is 11.7. The number of carbonyl (C=O) groups is 1. The van der Waals surface area contributed by atoms with Crippen molar-refractivity contribution >= 4 is 5.91 Å². The smallest absolute Gasteiger partial charge is 0.245 e. The zero-order valence-electron chi connectivity index (χ0n) is 13.5. The summed E-state index contributed by atoms with van der Waals surface area (Å²) >= 11 is 0. The van der Waals surface area contributed by atoms with E-state index in [1.54, 1.807) is 0 Å². The Morgan fingerprint density at radius 2 is 2.27 bits per heavy atom. The number of aryl methyl sites for hydroxylation is 2. The third-order valence-electron chi connectivity index (χ3n) is 3.92. The van der Waals surface area contributed by atoms with Crippen molar-refractivity contribution < 1.29 is 18.8 Å². The molecule has 0 bridgehead atoms. The van der Waals surface area contributed by atoms with Crippen LogP contribution in [0.25, 0.3) is 0 Å². The second-order valence-electron chi connectivity index (χ2n) is 5.76. The monoisotopic (exact) mass is 310 g/mol. The minimum atomic E-state index is -0.0745. The number of ether oxygens (including phenoxy) is 2. The van der Waals surface area contributed by atoms with Crippen LogP contribution >= 0.6 is 0 Å². The van der Waals surface area contributed by atoms with Crippen molar-refractivity contribution in [2.75, 3.05) is 26.4 Å². The highest BCUT2D eigenvalue weighted by molar-refractivity contribution is 5.77. The van der Waals surface area contributed by atoms with Crippen LogP contribution in [-0.2, 0) is 20.7 Å². The molecule has 1 aromatic heterocycles. The average Bonchev–Trinajstić information content (AvgIpc) is 2.84. The van der Waals surface area contributed by atoms with E-state index >= 15 is 0 Å². The maximum atomic E-state index is 11.7. The lowest BCUT2D eigenvalue weighted by atomic mass is 10.1. The first-order valence-corrected chi connectivity index (χ1v) is 8.04. The van der Waals surface area contributed by atoms with Crippen LogP contribution in [0, 0.1) is 13.8 Å². The van der Waals surface area contributed by atoms with Crippen molar-refractivity contribution in [1.82, 2.24) is 10.5 Å². The van der Waals surface area contributed by atoms with Crippen LogP contribution in [0.15, 0.2) is 4.52 Å². The lowest BCUT2D eigenvalue weighted by Crippen LogP contribution is -2.31. The second-order valence-corrected chi connectivity index (χ2v) is 5.76. The molecule has 124 valence electrons. The number of nitrogens with zero attached hydrogens (tertiary/aromatic N) is 1. The molecule has 1 aromatic rings. The van der Waals surface area contributed by atoms with Gasteiger partial charge in [-0.15, -0.1) is 0 Å². The molecule has 1 aliphatic heterocycles. The molecule has 0 radical (unpaired) electrons. The van der Waals surface area contributed by atoms with Crippen molar-refractivity contribution in [1.29, 1.82) is 0 Å². The van der Waals surface area contributed by atoms with Gasteiger partial charge in [-0.25, -0.2) is 0 Å². The Balaban J connectivity index is 1.52. The third kappa shape index (κ3) is 5.42. The second kappa shape index (κ2) is 8.90. The Bertz CT molecular complexity index is 447. The molecular weight excluding hydrogens is 284 g/mol. The Morgan fingerprint density at radius 1 is 1.41 bits per heavy atom. The molecule has 1 N–H and O–H groups in total. The van der Waals surface area contributed by atoms with Gasteiger partial charge < -0.3 is 19.3 Å². The Kier molecular flexibility index (Phi) is 6.86. The quantitative estimate of drug-likeness (QED) is 0.743. The molecule has 0 unspecified atom stereocenters. The molecule has 0 aromatic carbocycles. The number of aromatic nitrogens is 1. The maximum Gasteiger partial charge on any atom is 0.245 e. The molecule has 1 atom stereocenters. The number of nitrogens with one attached hydrogen (secondary N) is 1. The van der Waals surface area contributed by atoms with Crippen molar-refractivity contribution in [3.63, 3.8) is 0 Å². The molecular formula is C16H26N2O4. The van der Waals surface area contributed by atoms with Crippen LogP contribution in [0.2, 0.25) is 0 Å². The highest BCUT2D eigenvalue weighted by atomic mass is 16.5. The Morgan fingerprint density at radius 3 is 2.95 bits per heavy atom. The first kappa shape index (κ1) is 17.0. The highest BCUT2D eigenvalue weighted by Gasteiger charge is 2.14. The molecule has 6 nitrogen and oxygen atoms in total. The van der Waals surface area contributed by atoms with Crippen LogP contribution in [0.4, 0.5) is 0 Å². The van der Waals surface area contributed by atoms with E-state index in [1.807, 2.05) is 13.8 Å². The van der Waals surface area contributed by atoms with Crippen molar-refractivity contribution in [3.05, 3.63) is 17.0 Å². The van der Waals surface area contributed by atoms with Gasteiger partial charge in [-0.05, 0) is 46.0 Å². The van der Waals surface area contributed by atoms with E-state index in [2.05, 4.69) is 10.5 Å². The number of hydrogen-bond acceptors (Lipinski definition) is 5. The van der Waals surface area contributed by atoms with Gasteiger partial charge in [-0.1, -0.05) is 5.16 Å². The molecule has 1 saturated heterocycles. The van der Waals surface area contributed by atoms with Gasteiger partial charge in [0.25, 0.3) is 0 Å². The first-order valence-electron chi connectivity index (χ1n) is 8.04. The fourth-order valence-electron chi connectivity index (χ4n) is 2.62. The van der Waals surface area contributed by atoms with Gasteiger partial charge in [0.05, 0.1) is 18.4 Å². The summed E-state index contributed by atoms with van der Waals surface area (Å²) < 4.78 is 16.1. The van der Waals surface area contributed by atoms with Gasteiger partial charge in [0.15, 0.2) is 0 Å². The van der Waals surface area contributed by atoms with Crippen LogP contribution in [0.5, 0.6) is 0 Å². The Labute approximate surface area is 131 Å². The zero-order valence-corrected chi connectivity index (χ0v) is 13.5. The summed E-state index contributed by atoms with van der Waals surface area (Å²) in [5.41, 5.74) is 2.07. The lowest BCUT2D eigenvalue weighted by molar-refractivity contribution is -0.127. The molecule has 2 rings (SSSR count). The molecule has 0 aliphatic carbocycles. The summed E-state index contributed by atoms with van der Waals surface area (Å²) in [6.45, 7) is 5.90. The number of rotatable bonds is 8. The van der Waals surface area contributed by atoms with E-state index in [0.29, 0.717) is 13.2 Å². The van der Waals surface area contributed by atoms with E-state index in [9.17, 15) is 4.79 Å². The molecule has 1 amide bonds. The predicted molar refractivity (Wildman–Crippen MR) is 81.7 cm³/mol. The van der Waals surface area contributed by atoms with E-state index in [4.69, 9.17) is 14.0 Å². The summed E-state index contributed by atoms with van der Waals surface area (Å²) in [6, 6.07) is 0. The van der Waals surface area contributed by atoms with Gasteiger partial charge in [0, 0.05) is 18.7 Å². The normalized spacial score (nSPS) is 18.4. The summed E-state index contributed by atoms with van der Waals surface area (Å²) in [5, 5.41) is 6.79. The SMILES string of the molecule is Cc1noc(C)c1CCCNC(=O)COC[C@H]1CCCCO1. The van der Waals surface area contributed by atoms with Gasteiger partial charge in [-0.2, -0.15) is 0 Å². The zero-order chi connectivity index (χ0) is 15.8. The minimum absolute atomic E-state index is 0.0745. The standard InChI is InChI=1S/C16H26N2O4/c1-12-15(13(2)22-18-12)7-5-8-17-16(19)11-20-10-14-6-3-4-9-21-14/h14H,3-11H2,1-2H3,(H,17,19)/t14-/m1/s1. The lowest BCUT2D eigenvalue weighted by Gasteiger charge is -2.22. The first-order chi connectivity index (χ1) is 10.7. The van der Waals surface area contributed by atoms with Crippen molar-refractivity contribution in [2.24, 2.45) is 0 Å². The average molecular weight is 310 g/mol. The minimum Gasteiger partial charge on any atom is -0.376 e. The van der Waals surface area contributed by atoms with Crippen LogP contribution in [0.3, 0.4) is 0 Å². The molecule has 1 fully saturated rings. The Hall–Kier alpha value is -1.40. The number of carbonyl (C=O) groups excluding carboxylic acids is 1. The summed E-state index contributed by atoms with van der Waals surface area (Å²) in [6.07, 6.45) is 5.21. The van der Waals surface area contributed by atoms with Crippen molar-refractivity contribution in [3.8, 4) is 0 Å². The van der Waals surface area contributed by atoms with Gasteiger partial charge >= 0.3 is 0 Å². The van der Waals surface area contributed by atoms with E-state index in [1.165, 1.54) is 6.42 Å². The van der Waals surface area contributed by atoms with Crippen molar-refractivity contribution in [2.45, 2.75) is 52.1 Å². The highest BCUT2D eigenvalue weighted by Crippen LogP contribution is 2.14. The van der Waals surface area contributed by atoms with Crippen LogP contribution < -0.4 is 5.32 Å². The topological polar surface area (TPSA) is 73.6 Å². The van der Waals surface area contributed by atoms with Crippen LogP contribution in [-0.4, -0.2) is 43.5 Å². The van der Waals surface area contributed by atoms with E-state index in [-0.39, 0.29) is 18.6 Å². The molecule has 2 heterocycles. The number of hydrogen-bond donors (Lipinski definition) is 1. The predicted octanol–water partition coefficient (Wildman–Crippen LogP) is 1.93. The molecule has 0 spiro atoms. The van der Waals surface area contributed by atoms with Gasteiger partial charge in [-0.3, -0.25) is 4.79 Å². The fourth-order valence-corrected chi connectivity index (χ4v) is 2.62. The summed E-state index contributed by atoms with van der Waals surface area (Å²) in [7, 11) is 0. The summed E-state index contributed by atoms with van der Waals surface area (Å²) in [4.78, 5) is 11.7. The molecule has 22 heavy (non-hydrogen) atoms. The molecule has 6 heteroatoms. The van der Waals surface area contributed by atoms with Crippen LogP contribution in [0.1, 0.15) is 42.7 Å². The largest absolute Gasteiger partial charge is 0.376 e. The molecule has 1 aliphatic rings. The number of amides is 1. The third-order valence-corrected chi connectivity index (χ3v) is 3.92. The summed E-state index contributed by atoms with van der Waals surface area (Å²) in [5.74, 6) is 0.786. The fraction of sp³-hybridized carbons (Fsp3) is 0.750.